The number of anilines is 1. The molecule has 1 N–H and O–H groups in total. The van der Waals surface area contributed by atoms with Gasteiger partial charge < -0.3 is 15.0 Å². The number of carbonyl (C=O) groups excluding carboxylic acids is 2. The standard InChI is InChI=1S/C27H29F2N3O5S/c1-30-27(34)25(15-19-8-5-4-6-9-19)31(17-20-10-7-11-22(14-20)37-2)26(33)18-32(38(3,35)36)21-12-13-23(28)24(29)16-21/h4-14,16,25H,15,17-18H2,1-3H3,(H,30,34). The highest BCUT2D eigenvalue weighted by molar-refractivity contribution is 7.92. The second-order valence-electron chi connectivity index (χ2n) is 8.56. The van der Waals surface area contributed by atoms with Crippen molar-refractivity contribution in [1.29, 1.82) is 0 Å². The molecule has 0 aliphatic rings. The van der Waals surface area contributed by atoms with E-state index in [-0.39, 0.29) is 18.7 Å². The van der Waals surface area contributed by atoms with Gasteiger partial charge >= 0.3 is 0 Å². The zero-order chi connectivity index (χ0) is 27.9. The van der Waals surface area contributed by atoms with Crippen molar-refractivity contribution in [3.8, 4) is 5.75 Å². The van der Waals surface area contributed by atoms with Crippen LogP contribution in [0.1, 0.15) is 11.1 Å². The van der Waals surface area contributed by atoms with Crippen LogP contribution in [0, 0.1) is 11.6 Å². The lowest BCUT2D eigenvalue weighted by atomic mass is 10.0. The number of sulfonamides is 1. The monoisotopic (exact) mass is 545 g/mol. The van der Waals surface area contributed by atoms with Gasteiger partial charge in [-0.3, -0.25) is 13.9 Å². The van der Waals surface area contributed by atoms with E-state index < -0.39 is 46.1 Å². The van der Waals surface area contributed by atoms with Crippen LogP contribution >= 0.6 is 0 Å². The van der Waals surface area contributed by atoms with E-state index in [1.165, 1.54) is 19.1 Å². The van der Waals surface area contributed by atoms with Crippen LogP contribution in [-0.2, 0) is 32.6 Å². The van der Waals surface area contributed by atoms with Crippen LogP contribution in [0.25, 0.3) is 0 Å². The molecule has 1 atom stereocenters. The minimum absolute atomic E-state index is 0.0453. The number of amides is 2. The fourth-order valence-electron chi connectivity index (χ4n) is 3.94. The van der Waals surface area contributed by atoms with Crippen molar-refractivity contribution in [2.75, 3.05) is 31.3 Å². The summed E-state index contributed by atoms with van der Waals surface area (Å²) in [7, 11) is -1.15. The first-order valence-corrected chi connectivity index (χ1v) is 13.5. The summed E-state index contributed by atoms with van der Waals surface area (Å²) in [6.45, 7) is -0.785. The molecule has 38 heavy (non-hydrogen) atoms. The van der Waals surface area contributed by atoms with E-state index in [1.54, 1.807) is 36.4 Å². The van der Waals surface area contributed by atoms with Gasteiger partial charge in [-0.2, -0.15) is 0 Å². The highest BCUT2D eigenvalue weighted by Gasteiger charge is 2.32. The van der Waals surface area contributed by atoms with E-state index in [9.17, 15) is 26.8 Å². The number of carbonyl (C=O) groups is 2. The molecule has 3 aromatic rings. The number of likely N-dealkylation sites (N-methyl/N-ethyl adjacent to an activating group) is 1. The molecule has 0 radical (unpaired) electrons. The Bertz CT molecular complexity index is 1390. The van der Waals surface area contributed by atoms with E-state index in [2.05, 4.69) is 5.32 Å². The van der Waals surface area contributed by atoms with Crippen molar-refractivity contribution < 1.29 is 31.5 Å². The second kappa shape index (κ2) is 12.5. The summed E-state index contributed by atoms with van der Waals surface area (Å²) in [4.78, 5) is 28.1. The van der Waals surface area contributed by atoms with E-state index in [4.69, 9.17) is 4.74 Å². The Labute approximate surface area is 220 Å². The molecule has 0 bridgehead atoms. The quantitative estimate of drug-likeness (QED) is 0.400. The molecular weight excluding hydrogens is 516 g/mol. The van der Waals surface area contributed by atoms with E-state index in [1.807, 2.05) is 18.2 Å². The summed E-state index contributed by atoms with van der Waals surface area (Å²) < 4.78 is 58.7. The minimum atomic E-state index is -4.09. The maximum atomic E-state index is 13.9. The molecule has 2 amide bonds. The number of halogens is 2. The zero-order valence-corrected chi connectivity index (χ0v) is 22.0. The summed E-state index contributed by atoms with van der Waals surface area (Å²) in [5.74, 6) is -3.05. The molecule has 0 aromatic heterocycles. The van der Waals surface area contributed by atoms with Crippen LogP contribution in [0.5, 0.6) is 5.75 Å². The molecule has 11 heteroatoms. The van der Waals surface area contributed by atoms with Crippen LogP contribution in [0.4, 0.5) is 14.5 Å². The topological polar surface area (TPSA) is 96.0 Å². The lowest BCUT2D eigenvalue weighted by molar-refractivity contribution is -0.139. The molecule has 0 saturated carbocycles. The summed E-state index contributed by atoms with van der Waals surface area (Å²) in [5.41, 5.74) is 1.20. The van der Waals surface area contributed by atoms with Gasteiger partial charge in [-0.05, 0) is 35.4 Å². The fraction of sp³-hybridized carbons (Fsp3) is 0.259. The smallest absolute Gasteiger partial charge is 0.244 e. The number of nitrogens with one attached hydrogen (secondary N) is 1. The van der Waals surface area contributed by atoms with Gasteiger partial charge in [-0.15, -0.1) is 0 Å². The Morgan fingerprint density at radius 3 is 2.24 bits per heavy atom. The Morgan fingerprint density at radius 2 is 1.63 bits per heavy atom. The Balaban J connectivity index is 2.04. The van der Waals surface area contributed by atoms with Crippen LogP contribution in [0.3, 0.4) is 0 Å². The van der Waals surface area contributed by atoms with Crippen molar-refractivity contribution in [3.05, 3.63) is 95.6 Å². The lowest BCUT2D eigenvalue weighted by Crippen LogP contribution is -2.52. The van der Waals surface area contributed by atoms with Crippen LogP contribution < -0.4 is 14.4 Å². The first-order chi connectivity index (χ1) is 18.0. The van der Waals surface area contributed by atoms with Crippen molar-refractivity contribution >= 4 is 27.5 Å². The highest BCUT2D eigenvalue weighted by atomic mass is 32.2. The molecule has 1 unspecified atom stereocenters. The average Bonchev–Trinajstić information content (AvgIpc) is 2.90. The fourth-order valence-corrected chi connectivity index (χ4v) is 4.78. The first kappa shape index (κ1) is 28.6. The minimum Gasteiger partial charge on any atom is -0.497 e. The van der Waals surface area contributed by atoms with Crippen molar-refractivity contribution in [1.82, 2.24) is 10.2 Å². The number of benzene rings is 3. The zero-order valence-electron chi connectivity index (χ0n) is 21.2. The summed E-state index contributed by atoms with van der Waals surface area (Å²) >= 11 is 0. The highest BCUT2D eigenvalue weighted by Crippen LogP contribution is 2.23. The van der Waals surface area contributed by atoms with Gasteiger partial charge in [0.2, 0.25) is 21.8 Å². The van der Waals surface area contributed by atoms with Crippen molar-refractivity contribution in [2.24, 2.45) is 0 Å². The molecular formula is C27H29F2N3O5S. The van der Waals surface area contributed by atoms with Gasteiger partial charge in [-0.1, -0.05) is 42.5 Å². The largest absolute Gasteiger partial charge is 0.497 e. The molecule has 0 aliphatic heterocycles. The normalized spacial score (nSPS) is 11.9. The number of nitrogens with zero attached hydrogens (tertiary/aromatic N) is 2. The maximum Gasteiger partial charge on any atom is 0.244 e. The van der Waals surface area contributed by atoms with Gasteiger partial charge in [0.15, 0.2) is 11.6 Å². The third-order valence-corrected chi connectivity index (χ3v) is 7.02. The molecule has 3 rings (SSSR count). The van der Waals surface area contributed by atoms with Crippen LogP contribution in [0.2, 0.25) is 0 Å². The SMILES string of the molecule is CNC(=O)C(Cc1ccccc1)N(Cc1cccc(OC)c1)C(=O)CN(c1ccc(F)c(F)c1)S(C)(=O)=O. The third kappa shape index (κ3) is 7.28. The second-order valence-corrected chi connectivity index (χ2v) is 10.5. The molecule has 202 valence electrons. The summed E-state index contributed by atoms with van der Waals surface area (Å²) in [5, 5.41) is 2.58. The third-order valence-electron chi connectivity index (χ3n) is 5.87. The van der Waals surface area contributed by atoms with Crippen LogP contribution in [-0.4, -0.2) is 58.1 Å². The Kier molecular flexibility index (Phi) is 9.40. The maximum absolute atomic E-state index is 13.9. The molecule has 3 aromatic carbocycles. The lowest BCUT2D eigenvalue weighted by Gasteiger charge is -2.33. The number of ether oxygens (including phenoxy) is 1. The molecule has 8 nitrogen and oxygen atoms in total. The first-order valence-electron chi connectivity index (χ1n) is 11.6. The van der Waals surface area contributed by atoms with Gasteiger partial charge in [-0.25, -0.2) is 17.2 Å². The Hall–Kier alpha value is -3.99. The van der Waals surface area contributed by atoms with Gasteiger partial charge in [0.1, 0.15) is 18.3 Å². The molecule has 0 aliphatic carbocycles. The van der Waals surface area contributed by atoms with E-state index >= 15 is 0 Å². The Morgan fingerprint density at radius 1 is 0.947 bits per heavy atom. The molecule has 0 saturated heterocycles. The van der Waals surface area contributed by atoms with Gasteiger partial charge in [0, 0.05) is 26.1 Å². The molecule has 0 fully saturated rings. The predicted octanol–water partition coefficient (Wildman–Crippen LogP) is 3.13. The van der Waals surface area contributed by atoms with Crippen LogP contribution in [0.15, 0.2) is 72.8 Å². The molecule has 0 spiro atoms. The van der Waals surface area contributed by atoms with Gasteiger partial charge in [0.25, 0.3) is 0 Å². The number of methoxy groups -OCH3 is 1. The van der Waals surface area contributed by atoms with Crippen molar-refractivity contribution in [2.45, 2.75) is 19.0 Å². The van der Waals surface area contributed by atoms with Crippen molar-refractivity contribution in [3.63, 3.8) is 0 Å². The van der Waals surface area contributed by atoms with E-state index in [0.717, 1.165) is 24.0 Å². The summed E-state index contributed by atoms with van der Waals surface area (Å²) in [6, 6.07) is 17.5. The van der Waals surface area contributed by atoms with E-state index in [0.29, 0.717) is 21.7 Å². The summed E-state index contributed by atoms with van der Waals surface area (Å²) in [6.07, 6.45) is 1.01. The number of hydrogen-bond acceptors (Lipinski definition) is 5. The van der Waals surface area contributed by atoms with Gasteiger partial charge in [0.05, 0.1) is 19.1 Å². The number of hydrogen-bond donors (Lipinski definition) is 1. The predicted molar refractivity (Wildman–Crippen MR) is 140 cm³/mol. The average molecular weight is 546 g/mol. The number of rotatable bonds is 11. The molecule has 0 heterocycles.